The molecule has 0 radical (unpaired) electrons. The van der Waals surface area contributed by atoms with Gasteiger partial charge in [0.2, 0.25) is 0 Å². The van der Waals surface area contributed by atoms with Crippen LogP contribution in [0.15, 0.2) is 84.0 Å². The number of halogens is 1. The van der Waals surface area contributed by atoms with Gasteiger partial charge in [0.15, 0.2) is 5.11 Å². The van der Waals surface area contributed by atoms with E-state index in [0.29, 0.717) is 17.4 Å². The zero-order valence-corrected chi connectivity index (χ0v) is 15.2. The number of nitrogens with one attached hydrogen (secondary N) is 2. The van der Waals surface area contributed by atoms with Crippen LogP contribution in [0.3, 0.4) is 0 Å². The van der Waals surface area contributed by atoms with E-state index in [0.717, 1.165) is 16.9 Å². The second-order valence-corrected chi connectivity index (χ2v) is 6.09. The highest BCUT2D eigenvalue weighted by Gasteiger charge is 1.98. The van der Waals surface area contributed by atoms with Gasteiger partial charge in [-0.25, -0.2) is 4.39 Å². The molecule has 0 aliphatic rings. The summed E-state index contributed by atoms with van der Waals surface area (Å²) in [6.07, 6.45) is 1.65. The molecule has 3 aromatic rings. The number of hydrazone groups is 1. The third-order valence-electron chi connectivity index (χ3n) is 3.59. The molecule has 0 saturated heterocycles. The van der Waals surface area contributed by atoms with Crippen molar-refractivity contribution in [2.75, 3.05) is 5.32 Å². The molecule has 0 aliphatic heterocycles. The fourth-order valence-corrected chi connectivity index (χ4v) is 2.45. The van der Waals surface area contributed by atoms with Crippen LogP contribution < -0.4 is 15.5 Å². The Morgan fingerprint density at radius 2 is 1.78 bits per heavy atom. The highest BCUT2D eigenvalue weighted by molar-refractivity contribution is 7.80. The van der Waals surface area contributed by atoms with Crippen LogP contribution in [0.2, 0.25) is 0 Å². The van der Waals surface area contributed by atoms with E-state index in [4.69, 9.17) is 17.0 Å². The predicted molar refractivity (Wildman–Crippen MR) is 111 cm³/mol. The van der Waals surface area contributed by atoms with E-state index in [2.05, 4.69) is 15.8 Å². The van der Waals surface area contributed by atoms with Crippen LogP contribution >= 0.6 is 12.2 Å². The topological polar surface area (TPSA) is 45.7 Å². The second kappa shape index (κ2) is 9.45. The maximum absolute atomic E-state index is 12.9. The molecule has 0 fully saturated rings. The first-order valence-electron chi connectivity index (χ1n) is 8.31. The van der Waals surface area contributed by atoms with Gasteiger partial charge in [-0.1, -0.05) is 42.5 Å². The molecule has 136 valence electrons. The van der Waals surface area contributed by atoms with Crippen LogP contribution in [-0.2, 0) is 6.61 Å². The summed E-state index contributed by atoms with van der Waals surface area (Å²) in [5.74, 6) is 0.460. The summed E-state index contributed by atoms with van der Waals surface area (Å²) >= 11 is 5.15. The lowest BCUT2D eigenvalue weighted by atomic mass is 10.2. The van der Waals surface area contributed by atoms with E-state index in [-0.39, 0.29) is 5.82 Å². The Morgan fingerprint density at radius 3 is 2.56 bits per heavy atom. The Bertz CT molecular complexity index is 914. The van der Waals surface area contributed by atoms with E-state index in [9.17, 15) is 4.39 Å². The van der Waals surface area contributed by atoms with E-state index < -0.39 is 0 Å². The van der Waals surface area contributed by atoms with Gasteiger partial charge in [-0.15, -0.1) is 0 Å². The zero-order valence-electron chi connectivity index (χ0n) is 14.4. The number of ether oxygens (including phenoxy) is 1. The molecule has 0 aromatic heterocycles. The number of hydrogen-bond donors (Lipinski definition) is 2. The number of benzene rings is 3. The lowest BCUT2D eigenvalue weighted by molar-refractivity contribution is 0.306. The summed E-state index contributed by atoms with van der Waals surface area (Å²) in [6.45, 7) is 0.505. The molecule has 0 aliphatic carbocycles. The van der Waals surface area contributed by atoms with E-state index in [1.807, 2.05) is 54.6 Å². The molecule has 0 saturated carbocycles. The molecule has 6 heteroatoms. The number of nitrogens with zero attached hydrogens (tertiary/aromatic N) is 1. The fourth-order valence-electron chi connectivity index (χ4n) is 2.28. The molecule has 2 N–H and O–H groups in total. The third-order valence-corrected chi connectivity index (χ3v) is 3.78. The van der Waals surface area contributed by atoms with Gasteiger partial charge in [-0.3, -0.25) is 5.43 Å². The van der Waals surface area contributed by atoms with Crippen molar-refractivity contribution in [3.8, 4) is 5.75 Å². The molecule has 0 amide bonds. The third kappa shape index (κ3) is 6.20. The SMILES string of the molecule is Fc1ccc(NC(=S)N/N=C\c2cccc(OCc3ccccc3)c2)cc1. The van der Waals surface area contributed by atoms with Gasteiger partial charge in [0, 0.05) is 5.69 Å². The average Bonchev–Trinajstić information content (AvgIpc) is 2.69. The average molecular weight is 379 g/mol. The molecule has 0 spiro atoms. The zero-order chi connectivity index (χ0) is 18.9. The van der Waals surface area contributed by atoms with Crippen molar-refractivity contribution in [1.29, 1.82) is 0 Å². The summed E-state index contributed by atoms with van der Waals surface area (Å²) in [4.78, 5) is 0. The van der Waals surface area contributed by atoms with Crippen LogP contribution in [0, 0.1) is 5.82 Å². The maximum atomic E-state index is 12.9. The minimum Gasteiger partial charge on any atom is -0.489 e. The van der Waals surface area contributed by atoms with Crippen molar-refractivity contribution in [3.05, 3.63) is 95.8 Å². The van der Waals surface area contributed by atoms with Gasteiger partial charge >= 0.3 is 0 Å². The summed E-state index contributed by atoms with van der Waals surface area (Å²) in [5.41, 5.74) is 5.39. The molecular weight excluding hydrogens is 361 g/mol. The normalized spacial score (nSPS) is 10.6. The smallest absolute Gasteiger partial charge is 0.191 e. The van der Waals surface area contributed by atoms with Crippen LogP contribution in [0.25, 0.3) is 0 Å². The monoisotopic (exact) mass is 379 g/mol. The first kappa shape index (κ1) is 18.5. The van der Waals surface area contributed by atoms with Gasteiger partial charge in [0.05, 0.1) is 6.21 Å². The Balaban J connectivity index is 1.51. The highest BCUT2D eigenvalue weighted by atomic mass is 32.1. The maximum Gasteiger partial charge on any atom is 0.191 e. The Kier molecular flexibility index (Phi) is 6.49. The molecule has 3 aromatic carbocycles. The van der Waals surface area contributed by atoms with Crippen molar-refractivity contribution in [2.45, 2.75) is 6.61 Å². The van der Waals surface area contributed by atoms with E-state index in [1.54, 1.807) is 18.3 Å². The minimum atomic E-state index is -0.299. The van der Waals surface area contributed by atoms with Crippen LogP contribution in [-0.4, -0.2) is 11.3 Å². The largest absolute Gasteiger partial charge is 0.489 e. The van der Waals surface area contributed by atoms with Crippen LogP contribution in [0.1, 0.15) is 11.1 Å². The predicted octanol–water partition coefficient (Wildman–Crippen LogP) is 4.73. The van der Waals surface area contributed by atoms with Gasteiger partial charge in [-0.2, -0.15) is 5.10 Å². The van der Waals surface area contributed by atoms with Crippen molar-refractivity contribution in [3.63, 3.8) is 0 Å². The van der Waals surface area contributed by atoms with Gasteiger partial charge < -0.3 is 10.1 Å². The summed E-state index contributed by atoms with van der Waals surface area (Å²) in [7, 11) is 0. The number of hydrogen-bond acceptors (Lipinski definition) is 3. The lowest BCUT2D eigenvalue weighted by Gasteiger charge is -2.07. The van der Waals surface area contributed by atoms with Crippen molar-refractivity contribution < 1.29 is 9.13 Å². The lowest BCUT2D eigenvalue weighted by Crippen LogP contribution is -2.23. The molecule has 27 heavy (non-hydrogen) atoms. The second-order valence-electron chi connectivity index (χ2n) is 5.68. The first-order chi connectivity index (χ1) is 13.2. The summed E-state index contributed by atoms with van der Waals surface area (Å²) in [5, 5.41) is 7.34. The van der Waals surface area contributed by atoms with Crippen LogP contribution in [0.4, 0.5) is 10.1 Å². The van der Waals surface area contributed by atoms with E-state index >= 15 is 0 Å². The summed E-state index contributed by atoms with van der Waals surface area (Å²) in [6, 6.07) is 23.5. The van der Waals surface area contributed by atoms with Gasteiger partial charge in [-0.05, 0) is 59.7 Å². The molecule has 0 atom stereocenters. The molecule has 4 nitrogen and oxygen atoms in total. The van der Waals surface area contributed by atoms with E-state index in [1.165, 1.54) is 12.1 Å². The number of anilines is 1. The fraction of sp³-hybridized carbons (Fsp3) is 0.0476. The highest BCUT2D eigenvalue weighted by Crippen LogP contribution is 2.14. The number of thiocarbonyl (C=S) groups is 1. The number of rotatable bonds is 6. The van der Waals surface area contributed by atoms with Crippen molar-refractivity contribution in [2.24, 2.45) is 5.10 Å². The van der Waals surface area contributed by atoms with Crippen LogP contribution in [0.5, 0.6) is 5.75 Å². The Labute approximate surface area is 162 Å². The van der Waals surface area contributed by atoms with Gasteiger partial charge in [0.25, 0.3) is 0 Å². The minimum absolute atomic E-state index is 0.299. The quantitative estimate of drug-likeness (QED) is 0.369. The van der Waals surface area contributed by atoms with Crippen molar-refractivity contribution >= 4 is 29.2 Å². The molecule has 0 unspecified atom stereocenters. The summed E-state index contributed by atoms with van der Waals surface area (Å²) < 4.78 is 18.7. The molecular formula is C21H18FN3OS. The Morgan fingerprint density at radius 1 is 1.00 bits per heavy atom. The Hall–Kier alpha value is -3.25. The molecule has 0 heterocycles. The standard InChI is InChI=1S/C21H18FN3OS/c22-18-9-11-19(12-10-18)24-21(27)25-23-14-17-7-4-8-20(13-17)26-15-16-5-2-1-3-6-16/h1-14H,15H2,(H2,24,25,27)/b23-14-. The van der Waals surface area contributed by atoms with Gasteiger partial charge in [0.1, 0.15) is 18.2 Å². The molecule has 3 rings (SSSR count). The van der Waals surface area contributed by atoms with Crippen molar-refractivity contribution in [1.82, 2.24) is 5.43 Å². The first-order valence-corrected chi connectivity index (χ1v) is 8.72. The molecule has 0 bridgehead atoms.